The summed E-state index contributed by atoms with van der Waals surface area (Å²) in [6.07, 6.45) is 6.68. The van der Waals surface area contributed by atoms with Gasteiger partial charge in [0.25, 0.3) is 0 Å². The third kappa shape index (κ3) is 4.62. The summed E-state index contributed by atoms with van der Waals surface area (Å²) in [5.74, 6) is 0.526. The van der Waals surface area contributed by atoms with E-state index in [4.69, 9.17) is 11.6 Å². The molecule has 2 fully saturated rings. The molecule has 2 aliphatic rings. The molecule has 1 aromatic carbocycles. The molecule has 0 atom stereocenters. The lowest BCUT2D eigenvalue weighted by atomic mass is 9.95. The summed E-state index contributed by atoms with van der Waals surface area (Å²) < 4.78 is 0. The van der Waals surface area contributed by atoms with E-state index >= 15 is 0 Å². The molecule has 128 valence electrons. The second-order valence-electron chi connectivity index (χ2n) is 6.52. The van der Waals surface area contributed by atoms with Crippen LogP contribution in [0.15, 0.2) is 24.3 Å². The summed E-state index contributed by atoms with van der Waals surface area (Å²) >= 11 is 6.32. The fraction of sp³-hybridized carbons (Fsp3) is 0.611. The van der Waals surface area contributed by atoms with Gasteiger partial charge in [0.1, 0.15) is 0 Å². The van der Waals surface area contributed by atoms with E-state index in [0.717, 1.165) is 49.4 Å². The Hall–Kier alpha value is -0.770. The van der Waals surface area contributed by atoms with Gasteiger partial charge in [0.05, 0.1) is 0 Å². The zero-order valence-corrected chi connectivity index (χ0v) is 15.0. The van der Waals surface area contributed by atoms with Crippen molar-refractivity contribution in [3.05, 3.63) is 34.9 Å². The maximum Gasteiger partial charge on any atom is 0.226 e. The van der Waals surface area contributed by atoms with E-state index in [-0.39, 0.29) is 18.3 Å². The van der Waals surface area contributed by atoms with Crippen molar-refractivity contribution in [1.82, 2.24) is 10.2 Å². The molecule has 0 spiro atoms. The van der Waals surface area contributed by atoms with Gasteiger partial charge >= 0.3 is 0 Å². The van der Waals surface area contributed by atoms with Crippen LogP contribution in [-0.2, 0) is 11.3 Å². The van der Waals surface area contributed by atoms with Crippen LogP contribution in [0.4, 0.5) is 0 Å². The Morgan fingerprint density at radius 3 is 2.43 bits per heavy atom. The highest BCUT2D eigenvalue weighted by molar-refractivity contribution is 6.31. The van der Waals surface area contributed by atoms with Crippen LogP contribution in [0.1, 0.15) is 44.1 Å². The summed E-state index contributed by atoms with van der Waals surface area (Å²) in [4.78, 5) is 15.2. The third-order valence-electron chi connectivity index (χ3n) is 5.04. The van der Waals surface area contributed by atoms with Gasteiger partial charge in [-0.15, -0.1) is 12.4 Å². The van der Waals surface area contributed by atoms with Crippen molar-refractivity contribution >= 4 is 29.9 Å². The number of nitrogens with zero attached hydrogens (tertiary/aromatic N) is 1. The molecule has 0 aromatic heterocycles. The van der Waals surface area contributed by atoms with E-state index < -0.39 is 0 Å². The second-order valence-corrected chi connectivity index (χ2v) is 6.93. The number of rotatable bonds is 4. The molecule has 1 saturated heterocycles. The number of hydrogen-bond acceptors (Lipinski definition) is 2. The van der Waals surface area contributed by atoms with Crippen LogP contribution in [0.5, 0.6) is 0 Å². The summed E-state index contributed by atoms with van der Waals surface area (Å²) in [7, 11) is 0. The van der Waals surface area contributed by atoms with Gasteiger partial charge in [-0.1, -0.05) is 42.6 Å². The first-order valence-electron chi connectivity index (χ1n) is 8.50. The Kier molecular flexibility index (Phi) is 7.19. The molecule has 1 aliphatic heterocycles. The maximum absolute atomic E-state index is 13.1. The predicted octanol–water partition coefficient (Wildman–Crippen LogP) is 4.03. The number of carbonyl (C=O) groups is 1. The summed E-state index contributed by atoms with van der Waals surface area (Å²) in [5, 5.41) is 4.11. The Morgan fingerprint density at radius 1 is 1.13 bits per heavy atom. The van der Waals surface area contributed by atoms with Crippen molar-refractivity contribution in [3.8, 4) is 0 Å². The van der Waals surface area contributed by atoms with Gasteiger partial charge in [0.15, 0.2) is 0 Å². The zero-order chi connectivity index (χ0) is 15.4. The van der Waals surface area contributed by atoms with Crippen molar-refractivity contribution < 1.29 is 4.79 Å². The SMILES string of the molecule is Cl.O=C(C1CCNCC1)N(Cc1ccccc1Cl)C1CCCC1. The lowest BCUT2D eigenvalue weighted by Crippen LogP contribution is -2.44. The van der Waals surface area contributed by atoms with Crippen LogP contribution in [0.2, 0.25) is 5.02 Å². The molecular formula is C18H26Cl2N2O. The number of benzene rings is 1. The number of piperidine rings is 1. The van der Waals surface area contributed by atoms with E-state index in [0.29, 0.717) is 18.5 Å². The number of amides is 1. The minimum Gasteiger partial charge on any atom is -0.335 e. The van der Waals surface area contributed by atoms with E-state index in [1.807, 2.05) is 24.3 Å². The highest BCUT2D eigenvalue weighted by Gasteiger charge is 2.32. The molecule has 0 unspecified atom stereocenters. The first-order chi connectivity index (χ1) is 10.8. The standard InChI is InChI=1S/C18H25ClN2O.ClH/c19-17-8-4-1-5-15(17)13-21(16-6-2-3-7-16)18(22)14-9-11-20-12-10-14;/h1,4-5,8,14,16,20H,2-3,6-7,9-13H2;1H. The average molecular weight is 357 g/mol. The van der Waals surface area contributed by atoms with Gasteiger partial charge in [0, 0.05) is 23.5 Å². The number of carbonyl (C=O) groups excluding carboxylic acids is 1. The molecule has 5 heteroatoms. The van der Waals surface area contributed by atoms with Crippen LogP contribution < -0.4 is 5.32 Å². The molecule has 1 amide bonds. The van der Waals surface area contributed by atoms with E-state index in [1.54, 1.807) is 0 Å². The molecule has 1 saturated carbocycles. The molecule has 0 bridgehead atoms. The minimum atomic E-state index is 0. The zero-order valence-electron chi connectivity index (χ0n) is 13.5. The van der Waals surface area contributed by atoms with Crippen molar-refractivity contribution in [2.24, 2.45) is 5.92 Å². The largest absolute Gasteiger partial charge is 0.335 e. The summed E-state index contributed by atoms with van der Waals surface area (Å²) in [6.45, 7) is 2.58. The van der Waals surface area contributed by atoms with Crippen LogP contribution >= 0.6 is 24.0 Å². The molecule has 23 heavy (non-hydrogen) atoms. The van der Waals surface area contributed by atoms with Crippen molar-refractivity contribution in [2.75, 3.05) is 13.1 Å². The Morgan fingerprint density at radius 2 is 1.78 bits per heavy atom. The number of halogens is 2. The van der Waals surface area contributed by atoms with E-state index in [1.165, 1.54) is 12.8 Å². The molecular weight excluding hydrogens is 331 g/mol. The van der Waals surface area contributed by atoms with Crippen LogP contribution in [0.3, 0.4) is 0 Å². The topological polar surface area (TPSA) is 32.3 Å². The molecule has 1 heterocycles. The Balaban J connectivity index is 0.00000192. The molecule has 1 aliphatic carbocycles. The normalized spacial score (nSPS) is 19.3. The van der Waals surface area contributed by atoms with Crippen molar-refractivity contribution in [3.63, 3.8) is 0 Å². The lowest BCUT2D eigenvalue weighted by Gasteiger charge is -2.34. The number of nitrogens with one attached hydrogen (secondary N) is 1. The minimum absolute atomic E-state index is 0. The van der Waals surface area contributed by atoms with Gasteiger partial charge in [0.2, 0.25) is 5.91 Å². The van der Waals surface area contributed by atoms with E-state index in [2.05, 4.69) is 10.2 Å². The summed E-state index contributed by atoms with van der Waals surface area (Å²) in [5.41, 5.74) is 1.07. The van der Waals surface area contributed by atoms with Crippen LogP contribution in [0, 0.1) is 5.92 Å². The number of hydrogen-bond donors (Lipinski definition) is 1. The fourth-order valence-corrected chi connectivity index (χ4v) is 3.91. The van der Waals surface area contributed by atoms with Crippen molar-refractivity contribution in [2.45, 2.75) is 51.1 Å². The fourth-order valence-electron chi connectivity index (χ4n) is 3.72. The second kappa shape index (κ2) is 8.91. The first kappa shape index (κ1) is 18.6. The van der Waals surface area contributed by atoms with Crippen LogP contribution in [-0.4, -0.2) is 29.9 Å². The molecule has 0 radical (unpaired) electrons. The quantitative estimate of drug-likeness (QED) is 0.882. The highest BCUT2D eigenvalue weighted by Crippen LogP contribution is 2.29. The van der Waals surface area contributed by atoms with Gasteiger partial charge in [-0.3, -0.25) is 4.79 Å². The van der Waals surface area contributed by atoms with Gasteiger partial charge in [-0.05, 0) is 50.4 Å². The van der Waals surface area contributed by atoms with Gasteiger partial charge < -0.3 is 10.2 Å². The van der Waals surface area contributed by atoms with Crippen LogP contribution in [0.25, 0.3) is 0 Å². The summed E-state index contributed by atoms with van der Waals surface area (Å²) in [6, 6.07) is 8.31. The predicted molar refractivity (Wildman–Crippen MR) is 97.1 cm³/mol. The molecule has 3 rings (SSSR count). The molecule has 3 nitrogen and oxygen atoms in total. The first-order valence-corrected chi connectivity index (χ1v) is 8.88. The Labute approximate surface area is 150 Å². The molecule has 1 N–H and O–H groups in total. The monoisotopic (exact) mass is 356 g/mol. The third-order valence-corrected chi connectivity index (χ3v) is 5.40. The van der Waals surface area contributed by atoms with Gasteiger partial charge in [-0.25, -0.2) is 0 Å². The molecule has 1 aromatic rings. The van der Waals surface area contributed by atoms with Gasteiger partial charge in [-0.2, -0.15) is 0 Å². The Bertz CT molecular complexity index is 511. The lowest BCUT2D eigenvalue weighted by molar-refractivity contribution is -0.139. The average Bonchev–Trinajstić information content (AvgIpc) is 3.08. The van der Waals surface area contributed by atoms with Crippen molar-refractivity contribution in [1.29, 1.82) is 0 Å². The van der Waals surface area contributed by atoms with E-state index in [9.17, 15) is 4.79 Å². The smallest absolute Gasteiger partial charge is 0.226 e. The highest BCUT2D eigenvalue weighted by atomic mass is 35.5. The maximum atomic E-state index is 13.1.